The molecule has 1 aromatic carbocycles. The standard InChI is InChI=1S/C17H27NO2/c1-4-20-16-12-15(17(16)19-3)18-13(2)10-11-14-8-6-5-7-9-14/h5-9,13,15-18H,4,10-12H2,1-3H3. The number of rotatable bonds is 8. The van der Waals surface area contributed by atoms with E-state index in [0.717, 1.165) is 25.9 Å². The maximum absolute atomic E-state index is 5.66. The summed E-state index contributed by atoms with van der Waals surface area (Å²) >= 11 is 0. The van der Waals surface area contributed by atoms with Crippen LogP contribution in [0, 0.1) is 0 Å². The van der Waals surface area contributed by atoms with Gasteiger partial charge < -0.3 is 14.8 Å². The van der Waals surface area contributed by atoms with Gasteiger partial charge in [0.15, 0.2) is 0 Å². The van der Waals surface area contributed by atoms with Gasteiger partial charge in [0.05, 0.1) is 12.2 Å². The number of hydrogen-bond acceptors (Lipinski definition) is 3. The zero-order chi connectivity index (χ0) is 14.4. The normalized spacial score (nSPS) is 27.1. The van der Waals surface area contributed by atoms with E-state index in [1.54, 1.807) is 7.11 Å². The first kappa shape index (κ1) is 15.5. The molecule has 0 aliphatic heterocycles. The van der Waals surface area contributed by atoms with Gasteiger partial charge in [-0.05, 0) is 38.7 Å². The van der Waals surface area contributed by atoms with Gasteiger partial charge in [0.25, 0.3) is 0 Å². The minimum Gasteiger partial charge on any atom is -0.377 e. The second-order valence-corrected chi connectivity index (χ2v) is 5.63. The summed E-state index contributed by atoms with van der Waals surface area (Å²) in [7, 11) is 1.78. The lowest BCUT2D eigenvalue weighted by molar-refractivity contribution is -0.132. The van der Waals surface area contributed by atoms with E-state index >= 15 is 0 Å². The van der Waals surface area contributed by atoms with Crippen LogP contribution in [0.1, 0.15) is 32.3 Å². The van der Waals surface area contributed by atoms with Crippen LogP contribution in [0.5, 0.6) is 0 Å². The van der Waals surface area contributed by atoms with Crippen molar-refractivity contribution < 1.29 is 9.47 Å². The lowest BCUT2D eigenvalue weighted by Gasteiger charge is -2.44. The Balaban J connectivity index is 1.71. The number of aryl methyl sites for hydroxylation is 1. The maximum Gasteiger partial charge on any atom is 0.0986 e. The summed E-state index contributed by atoms with van der Waals surface area (Å²) in [6.07, 6.45) is 3.80. The molecule has 1 N–H and O–H groups in total. The van der Waals surface area contributed by atoms with Crippen LogP contribution < -0.4 is 5.32 Å². The Kier molecular flexibility index (Phi) is 6.02. The molecule has 0 amide bonds. The minimum absolute atomic E-state index is 0.203. The second-order valence-electron chi connectivity index (χ2n) is 5.63. The first-order valence-electron chi connectivity index (χ1n) is 7.69. The number of ether oxygens (including phenoxy) is 2. The van der Waals surface area contributed by atoms with Crippen molar-refractivity contribution in [2.24, 2.45) is 0 Å². The van der Waals surface area contributed by atoms with Gasteiger partial charge in [0.2, 0.25) is 0 Å². The molecule has 0 aromatic heterocycles. The van der Waals surface area contributed by atoms with E-state index in [9.17, 15) is 0 Å². The zero-order valence-electron chi connectivity index (χ0n) is 12.8. The fourth-order valence-corrected chi connectivity index (χ4v) is 2.91. The molecule has 1 fully saturated rings. The molecule has 0 bridgehead atoms. The summed E-state index contributed by atoms with van der Waals surface area (Å²) in [6, 6.07) is 11.6. The van der Waals surface area contributed by atoms with E-state index in [1.165, 1.54) is 5.56 Å². The van der Waals surface area contributed by atoms with Gasteiger partial charge >= 0.3 is 0 Å². The molecule has 4 unspecified atom stereocenters. The largest absolute Gasteiger partial charge is 0.377 e. The van der Waals surface area contributed by atoms with Crippen molar-refractivity contribution in [3.8, 4) is 0 Å². The monoisotopic (exact) mass is 277 g/mol. The molecule has 112 valence electrons. The molecular formula is C17H27NO2. The fourth-order valence-electron chi connectivity index (χ4n) is 2.91. The molecule has 4 atom stereocenters. The molecule has 0 heterocycles. The average molecular weight is 277 g/mol. The van der Waals surface area contributed by atoms with Gasteiger partial charge in [-0.15, -0.1) is 0 Å². The van der Waals surface area contributed by atoms with Crippen molar-refractivity contribution in [3.63, 3.8) is 0 Å². The molecule has 0 radical (unpaired) electrons. The average Bonchev–Trinajstić information content (AvgIpc) is 2.45. The van der Waals surface area contributed by atoms with Crippen LogP contribution in [0.4, 0.5) is 0 Å². The Morgan fingerprint density at radius 1 is 1.30 bits per heavy atom. The van der Waals surface area contributed by atoms with Crippen molar-refractivity contribution in [1.82, 2.24) is 5.32 Å². The van der Waals surface area contributed by atoms with Crippen molar-refractivity contribution in [1.29, 1.82) is 0 Å². The van der Waals surface area contributed by atoms with Crippen molar-refractivity contribution in [2.75, 3.05) is 13.7 Å². The summed E-state index contributed by atoms with van der Waals surface area (Å²) < 4.78 is 11.2. The van der Waals surface area contributed by atoms with E-state index in [2.05, 4.69) is 42.6 Å². The molecule has 3 heteroatoms. The first-order chi connectivity index (χ1) is 9.74. The molecule has 0 saturated heterocycles. The summed E-state index contributed by atoms with van der Waals surface area (Å²) in [5.74, 6) is 0. The SMILES string of the molecule is CCOC1CC(NC(C)CCc2ccccc2)C1OC. The summed E-state index contributed by atoms with van der Waals surface area (Å²) in [5.41, 5.74) is 1.41. The van der Waals surface area contributed by atoms with E-state index in [0.29, 0.717) is 12.1 Å². The van der Waals surface area contributed by atoms with Crippen LogP contribution in [0.25, 0.3) is 0 Å². The predicted octanol–water partition coefficient (Wildman–Crippen LogP) is 2.79. The number of benzene rings is 1. The molecule has 0 spiro atoms. The number of nitrogens with one attached hydrogen (secondary N) is 1. The number of methoxy groups -OCH3 is 1. The number of hydrogen-bond donors (Lipinski definition) is 1. The molecule has 1 aliphatic rings. The van der Waals surface area contributed by atoms with Gasteiger partial charge in [-0.3, -0.25) is 0 Å². The van der Waals surface area contributed by atoms with Crippen LogP contribution >= 0.6 is 0 Å². The summed E-state index contributed by atoms with van der Waals surface area (Å²) in [4.78, 5) is 0. The van der Waals surface area contributed by atoms with Crippen LogP contribution in [-0.4, -0.2) is 38.0 Å². The molecule has 20 heavy (non-hydrogen) atoms. The molecule has 2 rings (SSSR count). The van der Waals surface area contributed by atoms with E-state index in [4.69, 9.17) is 9.47 Å². The highest BCUT2D eigenvalue weighted by Gasteiger charge is 2.42. The highest BCUT2D eigenvalue weighted by atomic mass is 16.5. The van der Waals surface area contributed by atoms with Gasteiger partial charge in [0.1, 0.15) is 0 Å². The second kappa shape index (κ2) is 7.77. The van der Waals surface area contributed by atoms with E-state index in [1.807, 2.05) is 6.92 Å². The van der Waals surface area contributed by atoms with E-state index < -0.39 is 0 Å². The third-order valence-electron chi connectivity index (χ3n) is 4.11. The third-order valence-corrected chi connectivity index (χ3v) is 4.11. The Bertz CT molecular complexity index is 382. The van der Waals surface area contributed by atoms with Crippen LogP contribution in [0.3, 0.4) is 0 Å². The van der Waals surface area contributed by atoms with Crippen molar-refractivity contribution >= 4 is 0 Å². The molecular weight excluding hydrogens is 250 g/mol. The fraction of sp³-hybridized carbons (Fsp3) is 0.647. The quantitative estimate of drug-likeness (QED) is 0.792. The lowest BCUT2D eigenvalue weighted by Crippen LogP contribution is -2.61. The smallest absolute Gasteiger partial charge is 0.0986 e. The van der Waals surface area contributed by atoms with Gasteiger partial charge in [-0.1, -0.05) is 30.3 Å². The Hall–Kier alpha value is -0.900. The highest BCUT2D eigenvalue weighted by Crippen LogP contribution is 2.27. The maximum atomic E-state index is 5.66. The van der Waals surface area contributed by atoms with E-state index in [-0.39, 0.29) is 12.2 Å². The summed E-state index contributed by atoms with van der Waals surface area (Å²) in [5, 5.41) is 3.67. The Morgan fingerprint density at radius 3 is 2.70 bits per heavy atom. The van der Waals surface area contributed by atoms with Gasteiger partial charge in [0, 0.05) is 25.8 Å². The lowest BCUT2D eigenvalue weighted by atomic mass is 9.84. The third kappa shape index (κ3) is 4.05. The van der Waals surface area contributed by atoms with Crippen LogP contribution in [-0.2, 0) is 15.9 Å². The van der Waals surface area contributed by atoms with Crippen LogP contribution in [0.2, 0.25) is 0 Å². The Labute approximate surface area is 122 Å². The van der Waals surface area contributed by atoms with Gasteiger partial charge in [-0.2, -0.15) is 0 Å². The predicted molar refractivity (Wildman–Crippen MR) is 82.0 cm³/mol. The molecule has 1 saturated carbocycles. The first-order valence-corrected chi connectivity index (χ1v) is 7.69. The van der Waals surface area contributed by atoms with Crippen LogP contribution in [0.15, 0.2) is 30.3 Å². The van der Waals surface area contributed by atoms with Crippen molar-refractivity contribution in [3.05, 3.63) is 35.9 Å². The summed E-state index contributed by atoms with van der Waals surface area (Å²) in [6.45, 7) is 5.06. The minimum atomic E-state index is 0.203. The Morgan fingerprint density at radius 2 is 2.05 bits per heavy atom. The highest BCUT2D eigenvalue weighted by molar-refractivity contribution is 5.14. The molecule has 1 aliphatic carbocycles. The topological polar surface area (TPSA) is 30.5 Å². The molecule has 1 aromatic rings. The van der Waals surface area contributed by atoms with Crippen molar-refractivity contribution in [2.45, 2.75) is 57.4 Å². The molecule has 3 nitrogen and oxygen atoms in total. The van der Waals surface area contributed by atoms with Gasteiger partial charge in [-0.25, -0.2) is 0 Å². The zero-order valence-corrected chi connectivity index (χ0v) is 12.8.